The number of aromatic nitrogens is 2. The standard InChI is InChI=1S/C31H27N3O3S/c1-33-20-26(23-13-5-8-16-28(23)33)31(25-15-7-10-18-30(25)37-38(32,35)36)27-21-34(19-22-11-3-2-4-12-22)29-17-9-6-14-24(27)29/h2-18,20-21,31H,19H2,1H3,(H2,32,35,36). The van der Waals surface area contributed by atoms with Gasteiger partial charge in [0.2, 0.25) is 0 Å². The van der Waals surface area contributed by atoms with Crippen LogP contribution < -0.4 is 9.32 Å². The summed E-state index contributed by atoms with van der Waals surface area (Å²) in [5, 5.41) is 7.51. The second-order valence-corrected chi connectivity index (χ2v) is 10.6. The third kappa shape index (κ3) is 4.47. The van der Waals surface area contributed by atoms with Crippen LogP contribution in [-0.2, 0) is 23.9 Å². The van der Waals surface area contributed by atoms with Gasteiger partial charge in [-0.25, -0.2) is 0 Å². The predicted molar refractivity (Wildman–Crippen MR) is 152 cm³/mol. The Labute approximate surface area is 221 Å². The van der Waals surface area contributed by atoms with E-state index in [4.69, 9.17) is 9.32 Å². The van der Waals surface area contributed by atoms with Gasteiger partial charge in [-0.15, -0.1) is 0 Å². The van der Waals surface area contributed by atoms with Crippen LogP contribution in [0.5, 0.6) is 5.75 Å². The Morgan fingerprint density at radius 3 is 2.03 bits per heavy atom. The molecule has 0 saturated heterocycles. The van der Waals surface area contributed by atoms with Crippen molar-refractivity contribution in [3.05, 3.63) is 138 Å². The van der Waals surface area contributed by atoms with E-state index in [9.17, 15) is 8.42 Å². The summed E-state index contributed by atoms with van der Waals surface area (Å²) in [6.45, 7) is 0.707. The molecule has 7 heteroatoms. The molecule has 1 atom stereocenters. The van der Waals surface area contributed by atoms with Crippen LogP contribution in [-0.4, -0.2) is 17.6 Å². The van der Waals surface area contributed by atoms with Gasteiger partial charge < -0.3 is 13.3 Å². The number of hydrogen-bond donors (Lipinski definition) is 1. The summed E-state index contributed by atoms with van der Waals surface area (Å²) in [5.41, 5.74) is 6.21. The first-order chi connectivity index (χ1) is 18.4. The van der Waals surface area contributed by atoms with Crippen molar-refractivity contribution in [1.29, 1.82) is 0 Å². The van der Waals surface area contributed by atoms with E-state index >= 15 is 0 Å². The molecule has 1 unspecified atom stereocenters. The lowest BCUT2D eigenvalue weighted by atomic mass is 9.84. The Balaban J connectivity index is 1.64. The van der Waals surface area contributed by atoms with Gasteiger partial charge in [-0.3, -0.25) is 0 Å². The van der Waals surface area contributed by atoms with E-state index in [-0.39, 0.29) is 11.7 Å². The third-order valence-electron chi connectivity index (χ3n) is 7.00. The summed E-state index contributed by atoms with van der Waals surface area (Å²) in [4.78, 5) is 0. The Morgan fingerprint density at radius 2 is 1.29 bits per heavy atom. The molecule has 0 amide bonds. The average Bonchev–Trinajstić information content (AvgIpc) is 3.43. The Hall–Kier alpha value is -4.33. The van der Waals surface area contributed by atoms with Crippen LogP contribution in [0.1, 0.15) is 28.2 Å². The number of hydrogen-bond acceptors (Lipinski definition) is 3. The molecule has 6 nitrogen and oxygen atoms in total. The number of fused-ring (bicyclic) bond motifs is 2. The highest BCUT2D eigenvalue weighted by molar-refractivity contribution is 7.84. The average molecular weight is 522 g/mol. The normalized spacial score (nSPS) is 12.7. The number of aryl methyl sites for hydroxylation is 1. The van der Waals surface area contributed by atoms with Gasteiger partial charge >= 0.3 is 10.3 Å². The van der Waals surface area contributed by atoms with Crippen molar-refractivity contribution in [2.75, 3.05) is 0 Å². The molecule has 38 heavy (non-hydrogen) atoms. The second kappa shape index (κ2) is 9.52. The molecule has 0 radical (unpaired) electrons. The van der Waals surface area contributed by atoms with Crippen LogP contribution in [0.15, 0.2) is 116 Å². The van der Waals surface area contributed by atoms with E-state index in [0.717, 1.165) is 38.5 Å². The smallest absolute Gasteiger partial charge is 0.371 e. The molecule has 0 spiro atoms. The molecule has 190 valence electrons. The summed E-state index contributed by atoms with van der Waals surface area (Å²) in [6.07, 6.45) is 4.30. The van der Waals surface area contributed by atoms with Gasteiger partial charge in [-0.05, 0) is 34.9 Å². The first-order valence-electron chi connectivity index (χ1n) is 12.4. The maximum absolute atomic E-state index is 12.0. The minimum Gasteiger partial charge on any atom is -0.371 e. The molecule has 0 bridgehead atoms. The van der Waals surface area contributed by atoms with Crippen LogP contribution >= 0.6 is 0 Å². The van der Waals surface area contributed by atoms with E-state index in [1.807, 2.05) is 61.6 Å². The fourth-order valence-corrected chi connectivity index (χ4v) is 5.84. The second-order valence-electron chi connectivity index (χ2n) is 9.47. The minimum atomic E-state index is -4.22. The molecule has 2 N–H and O–H groups in total. The zero-order chi connectivity index (χ0) is 26.3. The molecule has 2 heterocycles. The first kappa shape index (κ1) is 24.0. The molecule has 0 saturated carbocycles. The lowest BCUT2D eigenvalue weighted by Gasteiger charge is -2.20. The Bertz CT molecular complexity index is 1870. The highest BCUT2D eigenvalue weighted by Crippen LogP contribution is 2.44. The van der Waals surface area contributed by atoms with Gasteiger partial charge in [0.25, 0.3) is 0 Å². The molecule has 6 aromatic rings. The molecular weight excluding hydrogens is 494 g/mol. The number of para-hydroxylation sites is 3. The van der Waals surface area contributed by atoms with Crippen LogP contribution in [0.2, 0.25) is 0 Å². The lowest BCUT2D eigenvalue weighted by Crippen LogP contribution is -2.20. The zero-order valence-corrected chi connectivity index (χ0v) is 21.7. The van der Waals surface area contributed by atoms with Crippen LogP contribution in [0.25, 0.3) is 21.8 Å². The minimum absolute atomic E-state index is 0.216. The van der Waals surface area contributed by atoms with Crippen molar-refractivity contribution in [1.82, 2.24) is 9.13 Å². The van der Waals surface area contributed by atoms with Crippen LogP contribution in [0.3, 0.4) is 0 Å². The van der Waals surface area contributed by atoms with E-state index in [1.165, 1.54) is 5.56 Å². The highest BCUT2D eigenvalue weighted by Gasteiger charge is 2.28. The first-order valence-corrected chi connectivity index (χ1v) is 13.8. The number of nitrogens with zero attached hydrogens (tertiary/aromatic N) is 2. The van der Waals surface area contributed by atoms with Crippen LogP contribution in [0, 0.1) is 0 Å². The summed E-state index contributed by atoms with van der Waals surface area (Å²) < 4.78 is 33.7. The Morgan fingerprint density at radius 1 is 0.711 bits per heavy atom. The predicted octanol–water partition coefficient (Wildman–Crippen LogP) is 5.94. The van der Waals surface area contributed by atoms with Crippen molar-refractivity contribution in [3.8, 4) is 5.75 Å². The van der Waals surface area contributed by atoms with E-state index in [1.54, 1.807) is 12.1 Å². The summed E-state index contributed by atoms with van der Waals surface area (Å²) in [5.74, 6) is -0.103. The quantitative estimate of drug-likeness (QED) is 0.282. The molecular formula is C31H27N3O3S. The SMILES string of the molecule is Cn1cc(C(c2ccccc2OS(N)(=O)=O)c2cn(Cc3ccccc3)c3ccccc23)c2ccccc21. The molecule has 0 aliphatic rings. The van der Waals surface area contributed by atoms with Gasteiger partial charge in [-0.2, -0.15) is 13.6 Å². The number of nitrogens with two attached hydrogens (primary N) is 1. The van der Waals surface area contributed by atoms with Crippen molar-refractivity contribution >= 4 is 32.1 Å². The molecule has 0 aliphatic heterocycles. The summed E-state index contributed by atoms with van der Waals surface area (Å²) >= 11 is 0. The van der Waals surface area contributed by atoms with Crippen molar-refractivity contribution in [2.45, 2.75) is 12.5 Å². The molecule has 6 rings (SSSR count). The summed E-state index contributed by atoms with van der Waals surface area (Å²) in [6, 6.07) is 34.1. The molecule has 2 aromatic heterocycles. The maximum atomic E-state index is 12.0. The van der Waals surface area contributed by atoms with Crippen LogP contribution in [0.4, 0.5) is 0 Å². The Kier molecular flexibility index (Phi) is 6.02. The number of rotatable bonds is 7. The van der Waals surface area contributed by atoms with Gasteiger partial charge in [0.1, 0.15) is 5.75 Å². The van der Waals surface area contributed by atoms with E-state index in [2.05, 4.69) is 57.9 Å². The van der Waals surface area contributed by atoms with Gasteiger partial charge in [0, 0.05) is 59.3 Å². The van der Waals surface area contributed by atoms with E-state index in [0.29, 0.717) is 6.54 Å². The maximum Gasteiger partial charge on any atom is 0.380 e. The monoisotopic (exact) mass is 521 g/mol. The fourth-order valence-electron chi connectivity index (χ4n) is 5.44. The van der Waals surface area contributed by atoms with Gasteiger partial charge in [-0.1, -0.05) is 84.9 Å². The van der Waals surface area contributed by atoms with E-state index < -0.39 is 10.3 Å². The lowest BCUT2D eigenvalue weighted by molar-refractivity contribution is 0.484. The van der Waals surface area contributed by atoms with Gasteiger partial charge in [0.15, 0.2) is 0 Å². The largest absolute Gasteiger partial charge is 0.380 e. The fraction of sp³-hybridized carbons (Fsp3) is 0.0968. The highest BCUT2D eigenvalue weighted by atomic mass is 32.2. The van der Waals surface area contributed by atoms with Crippen molar-refractivity contribution in [3.63, 3.8) is 0 Å². The molecule has 0 aliphatic carbocycles. The topological polar surface area (TPSA) is 79.2 Å². The van der Waals surface area contributed by atoms with Crippen molar-refractivity contribution in [2.24, 2.45) is 12.2 Å². The third-order valence-corrected chi connectivity index (χ3v) is 7.41. The molecule has 4 aromatic carbocycles. The van der Waals surface area contributed by atoms with Gasteiger partial charge in [0.05, 0.1) is 0 Å². The molecule has 0 fully saturated rings. The summed E-state index contributed by atoms with van der Waals surface area (Å²) in [7, 11) is -2.20. The van der Waals surface area contributed by atoms with Crippen molar-refractivity contribution < 1.29 is 12.6 Å². The number of benzene rings is 4. The zero-order valence-electron chi connectivity index (χ0n) is 20.9.